The summed E-state index contributed by atoms with van der Waals surface area (Å²) >= 11 is 0. The molecule has 0 saturated carbocycles. The van der Waals surface area contributed by atoms with Gasteiger partial charge in [-0.25, -0.2) is 14.8 Å². The largest absolute Gasteiger partial charge is 0.462 e. The zero-order chi connectivity index (χ0) is 13.5. The molecular formula is C13H16N4O2. The second kappa shape index (κ2) is 6.53. The molecule has 0 amide bonds. The predicted molar refractivity (Wildman–Crippen MR) is 71.0 cm³/mol. The lowest BCUT2D eigenvalue weighted by Gasteiger charge is -2.09. The maximum absolute atomic E-state index is 11.7. The zero-order valence-corrected chi connectivity index (χ0v) is 10.7. The van der Waals surface area contributed by atoms with Gasteiger partial charge in [-0.1, -0.05) is 0 Å². The smallest absolute Gasteiger partial charge is 0.341 e. The number of carbonyl (C=O) groups excluding carboxylic acids is 1. The Morgan fingerprint density at radius 1 is 1.53 bits per heavy atom. The maximum atomic E-state index is 11.7. The SMILES string of the molecule is CCOC(=O)c1cccnc1NCCc1cnc[nH]1. The quantitative estimate of drug-likeness (QED) is 0.772. The molecular weight excluding hydrogens is 244 g/mol. The summed E-state index contributed by atoms with van der Waals surface area (Å²) < 4.78 is 4.99. The molecule has 0 aromatic carbocycles. The van der Waals surface area contributed by atoms with Gasteiger partial charge in [0.1, 0.15) is 11.4 Å². The second-order valence-corrected chi connectivity index (χ2v) is 3.87. The van der Waals surface area contributed by atoms with Gasteiger partial charge in [-0.3, -0.25) is 0 Å². The number of H-pyrrole nitrogens is 1. The topological polar surface area (TPSA) is 79.9 Å². The summed E-state index contributed by atoms with van der Waals surface area (Å²) in [6.07, 6.45) is 5.83. The number of nitrogens with one attached hydrogen (secondary N) is 2. The standard InChI is InChI=1S/C13H16N4O2/c1-2-19-13(18)11-4-3-6-15-12(11)16-7-5-10-8-14-9-17-10/h3-4,6,8-9H,2,5,7H2,1H3,(H,14,17)(H,15,16). The van der Waals surface area contributed by atoms with Gasteiger partial charge in [0.05, 0.1) is 12.9 Å². The number of aromatic nitrogens is 3. The van der Waals surface area contributed by atoms with E-state index in [0.717, 1.165) is 12.1 Å². The Labute approximate surface area is 111 Å². The van der Waals surface area contributed by atoms with Gasteiger partial charge < -0.3 is 15.0 Å². The summed E-state index contributed by atoms with van der Waals surface area (Å²) in [5.41, 5.74) is 1.48. The lowest BCUT2D eigenvalue weighted by Crippen LogP contribution is -2.13. The van der Waals surface area contributed by atoms with Crippen molar-refractivity contribution < 1.29 is 9.53 Å². The number of aromatic amines is 1. The van der Waals surface area contributed by atoms with Gasteiger partial charge in [0.15, 0.2) is 0 Å². The van der Waals surface area contributed by atoms with Crippen molar-refractivity contribution in [3.8, 4) is 0 Å². The van der Waals surface area contributed by atoms with Gasteiger partial charge in [0.25, 0.3) is 0 Å². The van der Waals surface area contributed by atoms with Crippen molar-refractivity contribution >= 4 is 11.8 Å². The Kier molecular flexibility index (Phi) is 4.49. The fourth-order valence-electron chi connectivity index (χ4n) is 1.66. The molecule has 0 aliphatic heterocycles. The average Bonchev–Trinajstić information content (AvgIpc) is 2.93. The van der Waals surface area contributed by atoms with E-state index in [4.69, 9.17) is 4.74 Å². The molecule has 2 heterocycles. The number of nitrogens with zero attached hydrogens (tertiary/aromatic N) is 2. The molecule has 0 saturated heterocycles. The van der Waals surface area contributed by atoms with Crippen molar-refractivity contribution in [2.75, 3.05) is 18.5 Å². The van der Waals surface area contributed by atoms with Crippen molar-refractivity contribution in [2.24, 2.45) is 0 Å². The third kappa shape index (κ3) is 3.54. The van der Waals surface area contributed by atoms with E-state index in [2.05, 4.69) is 20.3 Å². The number of esters is 1. The van der Waals surface area contributed by atoms with Crippen LogP contribution in [-0.2, 0) is 11.2 Å². The summed E-state index contributed by atoms with van der Waals surface area (Å²) in [4.78, 5) is 22.9. The van der Waals surface area contributed by atoms with Crippen molar-refractivity contribution in [3.63, 3.8) is 0 Å². The van der Waals surface area contributed by atoms with E-state index in [1.54, 1.807) is 37.8 Å². The van der Waals surface area contributed by atoms with Crippen LogP contribution in [0.25, 0.3) is 0 Å². The second-order valence-electron chi connectivity index (χ2n) is 3.87. The minimum Gasteiger partial charge on any atom is -0.462 e. The molecule has 100 valence electrons. The average molecular weight is 260 g/mol. The van der Waals surface area contributed by atoms with Crippen molar-refractivity contribution in [2.45, 2.75) is 13.3 Å². The summed E-state index contributed by atoms with van der Waals surface area (Å²) in [5.74, 6) is 0.181. The Morgan fingerprint density at radius 3 is 3.16 bits per heavy atom. The van der Waals surface area contributed by atoms with Crippen LogP contribution in [0.4, 0.5) is 5.82 Å². The van der Waals surface area contributed by atoms with Crippen LogP contribution in [0, 0.1) is 0 Å². The van der Waals surface area contributed by atoms with Crippen LogP contribution in [0.3, 0.4) is 0 Å². The molecule has 0 radical (unpaired) electrons. The van der Waals surface area contributed by atoms with Gasteiger partial charge >= 0.3 is 5.97 Å². The van der Waals surface area contributed by atoms with E-state index in [0.29, 0.717) is 24.5 Å². The molecule has 0 aliphatic rings. The van der Waals surface area contributed by atoms with E-state index < -0.39 is 0 Å². The normalized spacial score (nSPS) is 10.2. The number of hydrogen-bond acceptors (Lipinski definition) is 5. The molecule has 2 rings (SSSR count). The van der Waals surface area contributed by atoms with Crippen LogP contribution in [-0.4, -0.2) is 34.1 Å². The maximum Gasteiger partial charge on any atom is 0.341 e. The monoisotopic (exact) mass is 260 g/mol. The van der Waals surface area contributed by atoms with Gasteiger partial charge in [-0.15, -0.1) is 0 Å². The third-order valence-corrected chi connectivity index (χ3v) is 2.54. The Morgan fingerprint density at radius 2 is 2.42 bits per heavy atom. The molecule has 6 nitrogen and oxygen atoms in total. The van der Waals surface area contributed by atoms with Gasteiger partial charge in [0, 0.05) is 31.1 Å². The highest BCUT2D eigenvalue weighted by Gasteiger charge is 2.12. The first kappa shape index (κ1) is 13.1. The number of carbonyl (C=O) groups is 1. The summed E-state index contributed by atoms with van der Waals surface area (Å²) in [5, 5.41) is 3.13. The fourth-order valence-corrected chi connectivity index (χ4v) is 1.66. The summed E-state index contributed by atoms with van der Waals surface area (Å²) in [6, 6.07) is 3.41. The number of pyridine rings is 1. The van der Waals surface area contributed by atoms with Crippen molar-refractivity contribution in [1.29, 1.82) is 0 Å². The first-order valence-corrected chi connectivity index (χ1v) is 6.14. The molecule has 2 aromatic rings. The number of hydrogen-bond donors (Lipinski definition) is 2. The minimum atomic E-state index is -0.361. The predicted octanol–water partition coefficient (Wildman–Crippen LogP) is 1.64. The number of ether oxygens (including phenoxy) is 1. The highest BCUT2D eigenvalue weighted by Crippen LogP contribution is 2.12. The molecule has 0 spiro atoms. The third-order valence-electron chi connectivity index (χ3n) is 2.54. The van der Waals surface area contributed by atoms with E-state index in [1.807, 2.05) is 0 Å². The molecule has 2 N–H and O–H groups in total. The molecule has 0 bridgehead atoms. The van der Waals surface area contributed by atoms with Gasteiger partial charge in [-0.05, 0) is 19.1 Å². The van der Waals surface area contributed by atoms with Crippen LogP contribution in [0.2, 0.25) is 0 Å². The molecule has 19 heavy (non-hydrogen) atoms. The highest BCUT2D eigenvalue weighted by molar-refractivity contribution is 5.94. The highest BCUT2D eigenvalue weighted by atomic mass is 16.5. The Hall–Kier alpha value is -2.37. The molecule has 0 unspecified atom stereocenters. The van der Waals surface area contributed by atoms with Crippen LogP contribution in [0.15, 0.2) is 30.9 Å². The van der Waals surface area contributed by atoms with E-state index in [9.17, 15) is 4.79 Å². The number of rotatable bonds is 6. The minimum absolute atomic E-state index is 0.349. The Balaban J connectivity index is 1.97. The van der Waals surface area contributed by atoms with Crippen molar-refractivity contribution in [1.82, 2.24) is 15.0 Å². The van der Waals surface area contributed by atoms with E-state index >= 15 is 0 Å². The molecule has 2 aromatic heterocycles. The summed E-state index contributed by atoms with van der Waals surface area (Å²) in [7, 11) is 0. The van der Waals surface area contributed by atoms with E-state index in [-0.39, 0.29) is 5.97 Å². The van der Waals surface area contributed by atoms with Gasteiger partial charge in [-0.2, -0.15) is 0 Å². The van der Waals surface area contributed by atoms with Crippen LogP contribution in [0.1, 0.15) is 23.0 Å². The van der Waals surface area contributed by atoms with Crippen molar-refractivity contribution in [3.05, 3.63) is 42.1 Å². The Bertz CT molecular complexity index is 525. The lowest BCUT2D eigenvalue weighted by molar-refractivity contribution is 0.0527. The van der Waals surface area contributed by atoms with Crippen LogP contribution >= 0.6 is 0 Å². The molecule has 0 fully saturated rings. The number of anilines is 1. The first-order chi connectivity index (χ1) is 9.31. The molecule has 0 atom stereocenters. The van der Waals surface area contributed by atoms with Gasteiger partial charge in [0.2, 0.25) is 0 Å². The number of imidazole rings is 1. The van der Waals surface area contributed by atoms with Crippen LogP contribution in [0.5, 0.6) is 0 Å². The van der Waals surface area contributed by atoms with E-state index in [1.165, 1.54) is 0 Å². The summed E-state index contributed by atoms with van der Waals surface area (Å²) in [6.45, 7) is 2.78. The zero-order valence-electron chi connectivity index (χ0n) is 10.7. The van der Waals surface area contributed by atoms with Crippen LogP contribution < -0.4 is 5.32 Å². The molecule has 0 aliphatic carbocycles. The first-order valence-electron chi connectivity index (χ1n) is 6.14. The fraction of sp³-hybridized carbons (Fsp3) is 0.308. The lowest BCUT2D eigenvalue weighted by atomic mass is 10.2. The molecule has 6 heteroatoms.